The number of methoxy groups -OCH3 is 2. The zero-order valence-electron chi connectivity index (χ0n) is 28.5. The molecule has 1 aromatic carbocycles. The van der Waals surface area contributed by atoms with E-state index < -0.39 is 0 Å². The average Bonchev–Trinajstić information content (AvgIpc) is 3.14. The SMILES string of the molecule is C=CC(=O)Nc1cnc(CCn2c(=O)c(-c3cc(OC)cc(OC)c3Cl)cc3cnc(NCCN4CCOCC4)nc32)cn1.CC.CC. The van der Waals surface area contributed by atoms with Crippen LogP contribution in [-0.4, -0.2) is 88.9 Å². The first kappa shape index (κ1) is 37.9. The van der Waals surface area contributed by atoms with Crippen molar-refractivity contribution in [2.24, 2.45) is 0 Å². The standard InChI is InChI=1S/C30H33ClN8O5.2C2H6/c1-4-26(40)36-25-18-33-20(17-34-25)5-7-39-28-19(16-35-30(37-28)32-6-8-38-9-11-44-12-10-38)13-23(29(39)41)22-14-21(42-2)15-24(43-3)27(22)31;2*1-2/h4,13-18H,1,5-12H2,2-3H3,(H,32,35,37)(H,34,36,40);2*1-2H3. The monoisotopic (exact) mass is 680 g/mol. The minimum atomic E-state index is -0.385. The number of anilines is 2. The molecule has 1 amide bonds. The summed E-state index contributed by atoms with van der Waals surface area (Å²) in [5.74, 6) is 1.19. The molecule has 3 aromatic heterocycles. The van der Waals surface area contributed by atoms with Crippen LogP contribution in [0.4, 0.5) is 11.8 Å². The van der Waals surface area contributed by atoms with Gasteiger partial charge in [0.15, 0.2) is 5.82 Å². The van der Waals surface area contributed by atoms with Crippen molar-refractivity contribution >= 4 is 40.3 Å². The third-order valence-electron chi connectivity index (χ3n) is 7.13. The van der Waals surface area contributed by atoms with Crippen LogP contribution in [0.1, 0.15) is 33.4 Å². The highest BCUT2D eigenvalue weighted by molar-refractivity contribution is 6.35. The number of fused-ring (bicyclic) bond motifs is 1. The Labute approximate surface area is 286 Å². The number of nitrogens with zero attached hydrogens (tertiary/aromatic N) is 6. The summed E-state index contributed by atoms with van der Waals surface area (Å²) < 4.78 is 17.9. The van der Waals surface area contributed by atoms with E-state index in [-0.39, 0.29) is 23.0 Å². The summed E-state index contributed by atoms with van der Waals surface area (Å²) in [7, 11) is 3.03. The van der Waals surface area contributed by atoms with Gasteiger partial charge in [0.1, 0.15) is 17.1 Å². The zero-order valence-corrected chi connectivity index (χ0v) is 29.3. The predicted molar refractivity (Wildman–Crippen MR) is 190 cm³/mol. The van der Waals surface area contributed by atoms with Crippen molar-refractivity contribution in [1.82, 2.24) is 29.4 Å². The molecule has 1 fully saturated rings. The second kappa shape index (κ2) is 19.3. The van der Waals surface area contributed by atoms with Crippen LogP contribution in [0.15, 0.2) is 54.2 Å². The molecule has 0 radical (unpaired) electrons. The van der Waals surface area contributed by atoms with Crippen molar-refractivity contribution in [3.05, 3.63) is 70.5 Å². The first-order chi connectivity index (χ1) is 23.4. The first-order valence-electron chi connectivity index (χ1n) is 16.0. The first-order valence-corrected chi connectivity index (χ1v) is 16.4. The molecule has 13 nitrogen and oxygen atoms in total. The fourth-order valence-electron chi connectivity index (χ4n) is 4.78. The summed E-state index contributed by atoms with van der Waals surface area (Å²) in [6.07, 6.45) is 6.20. The topological polar surface area (TPSA) is 146 Å². The molecule has 0 unspecified atom stereocenters. The van der Waals surface area contributed by atoms with E-state index >= 15 is 0 Å². The molecule has 0 atom stereocenters. The molecular weight excluding hydrogens is 636 g/mol. The van der Waals surface area contributed by atoms with E-state index in [1.165, 1.54) is 20.4 Å². The Balaban J connectivity index is 0.00000151. The number of carbonyl (C=O) groups is 1. The van der Waals surface area contributed by atoms with Gasteiger partial charge in [-0.1, -0.05) is 45.9 Å². The largest absolute Gasteiger partial charge is 0.497 e. The highest BCUT2D eigenvalue weighted by Gasteiger charge is 2.19. The number of morpholine rings is 1. The summed E-state index contributed by atoms with van der Waals surface area (Å²) in [5.41, 5.74) is 1.56. The van der Waals surface area contributed by atoms with Crippen LogP contribution < -0.4 is 25.7 Å². The van der Waals surface area contributed by atoms with Crippen LogP contribution >= 0.6 is 11.6 Å². The number of amides is 1. The van der Waals surface area contributed by atoms with E-state index in [2.05, 4.69) is 37.1 Å². The molecule has 1 aliphatic heterocycles. The zero-order chi connectivity index (χ0) is 35.1. The Hall–Kier alpha value is -4.59. The maximum Gasteiger partial charge on any atom is 0.260 e. The Kier molecular flexibility index (Phi) is 15.2. The molecule has 5 rings (SSSR count). The number of halogens is 1. The lowest BCUT2D eigenvalue weighted by Crippen LogP contribution is -2.39. The summed E-state index contributed by atoms with van der Waals surface area (Å²) in [4.78, 5) is 45.9. The van der Waals surface area contributed by atoms with Crippen molar-refractivity contribution in [3.63, 3.8) is 0 Å². The molecule has 0 saturated carbocycles. The predicted octanol–water partition coefficient (Wildman–Crippen LogP) is 5.08. The maximum absolute atomic E-state index is 14.1. The lowest BCUT2D eigenvalue weighted by Gasteiger charge is -2.26. The van der Waals surface area contributed by atoms with E-state index in [4.69, 9.17) is 30.8 Å². The maximum atomic E-state index is 14.1. The summed E-state index contributed by atoms with van der Waals surface area (Å²) in [6.45, 7) is 16.3. The molecule has 48 heavy (non-hydrogen) atoms. The molecule has 0 aliphatic carbocycles. The van der Waals surface area contributed by atoms with Gasteiger partial charge in [-0.05, 0) is 18.2 Å². The molecule has 4 heterocycles. The summed E-state index contributed by atoms with van der Waals surface area (Å²) in [5, 5.41) is 6.77. The second-order valence-electron chi connectivity index (χ2n) is 9.90. The molecule has 258 valence electrons. The van der Waals surface area contributed by atoms with Crippen LogP contribution in [0.2, 0.25) is 5.02 Å². The molecule has 2 N–H and O–H groups in total. The van der Waals surface area contributed by atoms with Crippen molar-refractivity contribution in [1.29, 1.82) is 0 Å². The van der Waals surface area contributed by atoms with Crippen LogP contribution in [0.25, 0.3) is 22.2 Å². The quantitative estimate of drug-likeness (QED) is 0.193. The van der Waals surface area contributed by atoms with Crippen LogP contribution in [0, 0.1) is 0 Å². The molecule has 4 aromatic rings. The second-order valence-corrected chi connectivity index (χ2v) is 10.3. The number of hydrogen-bond donors (Lipinski definition) is 2. The van der Waals surface area contributed by atoms with E-state index in [1.54, 1.807) is 35.2 Å². The highest BCUT2D eigenvalue weighted by Crippen LogP contribution is 2.38. The van der Waals surface area contributed by atoms with Crippen LogP contribution in [0.5, 0.6) is 11.5 Å². The number of hydrogen-bond acceptors (Lipinski definition) is 11. The van der Waals surface area contributed by atoms with Gasteiger partial charge >= 0.3 is 0 Å². The highest BCUT2D eigenvalue weighted by atomic mass is 35.5. The number of pyridine rings is 1. The molecule has 1 aliphatic rings. The van der Waals surface area contributed by atoms with Gasteiger partial charge in [-0.25, -0.2) is 9.97 Å². The number of carbonyl (C=O) groups excluding carboxylic acids is 1. The Bertz CT molecular complexity index is 1710. The number of benzene rings is 1. The summed E-state index contributed by atoms with van der Waals surface area (Å²) >= 11 is 6.69. The number of rotatable bonds is 12. The molecule has 0 bridgehead atoms. The average molecular weight is 681 g/mol. The van der Waals surface area contributed by atoms with Crippen LogP contribution in [-0.2, 0) is 22.5 Å². The number of nitrogens with one attached hydrogen (secondary N) is 2. The molecular formula is C34H45ClN8O5. The lowest BCUT2D eigenvalue weighted by molar-refractivity contribution is -0.111. The van der Waals surface area contributed by atoms with Gasteiger partial charge in [0.05, 0.1) is 50.5 Å². The lowest BCUT2D eigenvalue weighted by atomic mass is 10.0. The fourth-order valence-corrected chi connectivity index (χ4v) is 5.07. The minimum absolute atomic E-state index is 0.235. The van der Waals surface area contributed by atoms with Crippen molar-refractivity contribution in [2.75, 3.05) is 64.2 Å². The van der Waals surface area contributed by atoms with Crippen molar-refractivity contribution in [2.45, 2.75) is 40.7 Å². The normalized spacial score (nSPS) is 12.6. The number of aromatic nitrogens is 5. The van der Waals surface area contributed by atoms with E-state index in [0.29, 0.717) is 64.1 Å². The Morgan fingerprint density at radius 3 is 2.40 bits per heavy atom. The Morgan fingerprint density at radius 2 is 1.75 bits per heavy atom. The van der Waals surface area contributed by atoms with Gasteiger partial charge in [-0.3, -0.25) is 24.0 Å². The van der Waals surface area contributed by atoms with Gasteiger partial charge in [0, 0.05) is 67.9 Å². The van der Waals surface area contributed by atoms with Crippen molar-refractivity contribution < 1.29 is 19.0 Å². The van der Waals surface area contributed by atoms with Gasteiger partial charge in [-0.2, -0.15) is 4.98 Å². The van der Waals surface area contributed by atoms with E-state index in [1.807, 2.05) is 27.7 Å². The molecule has 0 spiro atoms. The van der Waals surface area contributed by atoms with Gasteiger partial charge in [-0.15, -0.1) is 0 Å². The fraction of sp³-hybridized carbons (Fsp3) is 0.412. The molecule has 14 heteroatoms. The number of ether oxygens (including phenoxy) is 3. The van der Waals surface area contributed by atoms with E-state index in [9.17, 15) is 9.59 Å². The summed E-state index contributed by atoms with van der Waals surface area (Å²) in [6, 6.07) is 5.08. The van der Waals surface area contributed by atoms with Crippen LogP contribution in [0.3, 0.4) is 0 Å². The van der Waals surface area contributed by atoms with Crippen molar-refractivity contribution in [3.8, 4) is 22.6 Å². The molecule has 1 saturated heterocycles. The van der Waals surface area contributed by atoms with Gasteiger partial charge in [0.2, 0.25) is 11.9 Å². The van der Waals surface area contributed by atoms with E-state index in [0.717, 1.165) is 38.9 Å². The third kappa shape index (κ3) is 9.72. The van der Waals surface area contributed by atoms with Gasteiger partial charge in [0.25, 0.3) is 5.56 Å². The smallest absolute Gasteiger partial charge is 0.260 e. The number of aryl methyl sites for hydroxylation is 2. The van der Waals surface area contributed by atoms with Gasteiger partial charge < -0.3 is 24.8 Å². The Morgan fingerprint density at radius 1 is 1.00 bits per heavy atom. The minimum Gasteiger partial charge on any atom is -0.497 e. The third-order valence-corrected chi connectivity index (χ3v) is 7.52.